The molecule has 0 aliphatic heterocycles. The first-order chi connectivity index (χ1) is 8.16. The standard InChI is InChI=1S/C14H9ClO2/c1-8-5-6-9-12(7-8)17-11-4-2-3-10(15)13(11)14(9)16/h2-7H,1H3. The van der Waals surface area contributed by atoms with Gasteiger partial charge in [-0.1, -0.05) is 23.7 Å². The molecule has 0 N–H and O–H groups in total. The minimum absolute atomic E-state index is 0.0770. The second kappa shape index (κ2) is 3.60. The molecule has 0 radical (unpaired) electrons. The summed E-state index contributed by atoms with van der Waals surface area (Å²) in [6.45, 7) is 1.96. The normalized spacial score (nSPS) is 11.2. The molecule has 0 amide bonds. The maximum absolute atomic E-state index is 12.3. The minimum Gasteiger partial charge on any atom is -0.456 e. The average Bonchev–Trinajstić information content (AvgIpc) is 2.28. The number of halogens is 1. The van der Waals surface area contributed by atoms with Gasteiger partial charge in [0.05, 0.1) is 15.8 Å². The zero-order chi connectivity index (χ0) is 12.0. The zero-order valence-corrected chi connectivity index (χ0v) is 9.91. The summed E-state index contributed by atoms with van der Waals surface area (Å²) in [5.41, 5.74) is 2.11. The zero-order valence-electron chi connectivity index (χ0n) is 9.16. The number of aryl methyl sites for hydroxylation is 1. The van der Waals surface area contributed by atoms with Crippen molar-refractivity contribution in [1.29, 1.82) is 0 Å². The lowest BCUT2D eigenvalue weighted by Gasteiger charge is -2.03. The summed E-state index contributed by atoms with van der Waals surface area (Å²) in [5, 5.41) is 1.44. The molecule has 84 valence electrons. The lowest BCUT2D eigenvalue weighted by molar-refractivity contribution is 0.659. The Kier molecular flexibility index (Phi) is 2.20. The van der Waals surface area contributed by atoms with Crippen LogP contribution >= 0.6 is 11.6 Å². The lowest BCUT2D eigenvalue weighted by atomic mass is 10.1. The van der Waals surface area contributed by atoms with Crippen molar-refractivity contribution in [1.82, 2.24) is 0 Å². The van der Waals surface area contributed by atoms with Crippen molar-refractivity contribution in [2.24, 2.45) is 0 Å². The van der Waals surface area contributed by atoms with Gasteiger partial charge in [0.15, 0.2) is 0 Å². The van der Waals surface area contributed by atoms with Crippen molar-refractivity contribution in [2.45, 2.75) is 6.92 Å². The average molecular weight is 245 g/mol. The molecule has 0 fully saturated rings. The predicted octanol–water partition coefficient (Wildman–Crippen LogP) is 3.91. The van der Waals surface area contributed by atoms with Crippen molar-refractivity contribution in [3.63, 3.8) is 0 Å². The molecule has 3 rings (SSSR count). The highest BCUT2D eigenvalue weighted by atomic mass is 35.5. The van der Waals surface area contributed by atoms with Gasteiger partial charge >= 0.3 is 0 Å². The van der Waals surface area contributed by atoms with E-state index in [1.54, 1.807) is 24.3 Å². The van der Waals surface area contributed by atoms with Gasteiger partial charge in [-0.05, 0) is 36.8 Å². The summed E-state index contributed by atoms with van der Waals surface area (Å²) >= 11 is 6.03. The van der Waals surface area contributed by atoms with Crippen LogP contribution in [0.25, 0.3) is 21.9 Å². The van der Waals surface area contributed by atoms with Crippen LogP contribution in [0.15, 0.2) is 45.6 Å². The molecule has 1 aromatic heterocycles. The highest BCUT2D eigenvalue weighted by molar-refractivity contribution is 6.35. The predicted molar refractivity (Wildman–Crippen MR) is 69.7 cm³/mol. The maximum atomic E-state index is 12.3. The number of benzene rings is 2. The van der Waals surface area contributed by atoms with Gasteiger partial charge in [0.1, 0.15) is 11.2 Å². The molecule has 3 heteroatoms. The summed E-state index contributed by atoms with van der Waals surface area (Å²) < 4.78 is 5.70. The van der Waals surface area contributed by atoms with E-state index in [4.69, 9.17) is 16.0 Å². The molecule has 2 nitrogen and oxygen atoms in total. The van der Waals surface area contributed by atoms with E-state index in [-0.39, 0.29) is 5.43 Å². The topological polar surface area (TPSA) is 30.2 Å². The van der Waals surface area contributed by atoms with Gasteiger partial charge in [0.25, 0.3) is 0 Å². The SMILES string of the molecule is Cc1ccc2c(=O)c3c(Cl)cccc3oc2c1. The summed E-state index contributed by atoms with van der Waals surface area (Å²) in [6, 6.07) is 10.7. The van der Waals surface area contributed by atoms with Crippen LogP contribution in [0.4, 0.5) is 0 Å². The lowest BCUT2D eigenvalue weighted by Crippen LogP contribution is -2.02. The van der Waals surface area contributed by atoms with E-state index in [2.05, 4.69) is 0 Å². The van der Waals surface area contributed by atoms with Gasteiger partial charge in [0, 0.05) is 0 Å². The molecule has 0 aliphatic rings. The first-order valence-corrected chi connectivity index (χ1v) is 5.66. The Hall–Kier alpha value is -1.80. The van der Waals surface area contributed by atoms with E-state index >= 15 is 0 Å². The highest BCUT2D eigenvalue weighted by Gasteiger charge is 2.09. The summed E-state index contributed by atoms with van der Waals surface area (Å²) in [7, 11) is 0. The van der Waals surface area contributed by atoms with Crippen LogP contribution < -0.4 is 5.43 Å². The van der Waals surface area contributed by atoms with Gasteiger partial charge in [-0.25, -0.2) is 0 Å². The van der Waals surface area contributed by atoms with Gasteiger partial charge in [0.2, 0.25) is 5.43 Å². The Balaban J connectivity index is 2.62. The molecule has 0 saturated carbocycles. The smallest absolute Gasteiger partial charge is 0.202 e. The molecule has 0 bridgehead atoms. The second-order valence-corrected chi connectivity index (χ2v) is 4.45. The Morgan fingerprint density at radius 1 is 1.12 bits per heavy atom. The maximum Gasteiger partial charge on any atom is 0.202 e. The van der Waals surface area contributed by atoms with Crippen molar-refractivity contribution < 1.29 is 4.42 Å². The summed E-state index contributed by atoms with van der Waals surface area (Å²) in [5.74, 6) is 0. The Bertz CT molecular complexity index is 786. The van der Waals surface area contributed by atoms with E-state index in [0.29, 0.717) is 27.0 Å². The van der Waals surface area contributed by atoms with Gasteiger partial charge in [-0.2, -0.15) is 0 Å². The molecule has 0 spiro atoms. The van der Waals surface area contributed by atoms with Gasteiger partial charge in [-0.15, -0.1) is 0 Å². The van der Waals surface area contributed by atoms with Crippen LogP contribution in [-0.4, -0.2) is 0 Å². The van der Waals surface area contributed by atoms with E-state index < -0.39 is 0 Å². The van der Waals surface area contributed by atoms with Crippen molar-refractivity contribution in [3.8, 4) is 0 Å². The first-order valence-electron chi connectivity index (χ1n) is 5.28. The monoisotopic (exact) mass is 244 g/mol. The molecule has 17 heavy (non-hydrogen) atoms. The summed E-state index contributed by atoms with van der Waals surface area (Å²) in [6.07, 6.45) is 0. The van der Waals surface area contributed by atoms with Crippen LogP contribution in [0.1, 0.15) is 5.56 Å². The van der Waals surface area contributed by atoms with Gasteiger partial charge < -0.3 is 4.42 Å². The highest BCUT2D eigenvalue weighted by Crippen LogP contribution is 2.24. The molecular weight excluding hydrogens is 236 g/mol. The van der Waals surface area contributed by atoms with Gasteiger partial charge in [-0.3, -0.25) is 4.79 Å². The van der Waals surface area contributed by atoms with Crippen molar-refractivity contribution in [3.05, 3.63) is 57.2 Å². The molecule has 2 aromatic carbocycles. The fourth-order valence-corrected chi connectivity index (χ4v) is 2.22. The Morgan fingerprint density at radius 2 is 1.94 bits per heavy atom. The molecule has 0 unspecified atom stereocenters. The largest absolute Gasteiger partial charge is 0.456 e. The van der Waals surface area contributed by atoms with E-state index in [9.17, 15) is 4.79 Å². The van der Waals surface area contributed by atoms with Crippen molar-refractivity contribution >= 4 is 33.5 Å². The summed E-state index contributed by atoms with van der Waals surface area (Å²) in [4.78, 5) is 12.3. The molecule has 0 atom stereocenters. The molecular formula is C14H9ClO2. The van der Waals surface area contributed by atoms with E-state index in [1.165, 1.54) is 0 Å². The first kappa shape index (κ1) is 10.4. The number of rotatable bonds is 0. The van der Waals surface area contributed by atoms with E-state index in [0.717, 1.165) is 5.56 Å². The molecule has 3 aromatic rings. The third kappa shape index (κ3) is 1.53. The second-order valence-electron chi connectivity index (χ2n) is 4.04. The van der Waals surface area contributed by atoms with Crippen LogP contribution in [0.2, 0.25) is 5.02 Å². The van der Waals surface area contributed by atoms with Crippen LogP contribution in [0.3, 0.4) is 0 Å². The number of hydrogen-bond acceptors (Lipinski definition) is 2. The van der Waals surface area contributed by atoms with Crippen LogP contribution in [0.5, 0.6) is 0 Å². The molecule has 0 saturated heterocycles. The van der Waals surface area contributed by atoms with Crippen LogP contribution in [0, 0.1) is 6.92 Å². The fourth-order valence-electron chi connectivity index (χ4n) is 1.96. The van der Waals surface area contributed by atoms with E-state index in [1.807, 2.05) is 19.1 Å². The van der Waals surface area contributed by atoms with Crippen LogP contribution in [-0.2, 0) is 0 Å². The number of hydrogen-bond donors (Lipinski definition) is 0. The minimum atomic E-state index is -0.0770. The Labute approximate surface area is 102 Å². The third-order valence-corrected chi connectivity index (χ3v) is 3.12. The number of fused-ring (bicyclic) bond motifs is 2. The molecule has 1 heterocycles. The quantitative estimate of drug-likeness (QED) is 0.561. The third-order valence-electron chi connectivity index (χ3n) is 2.80. The molecule has 0 aliphatic carbocycles. The van der Waals surface area contributed by atoms with Crippen molar-refractivity contribution in [2.75, 3.05) is 0 Å². The Morgan fingerprint density at radius 3 is 2.76 bits per heavy atom. The fraction of sp³-hybridized carbons (Fsp3) is 0.0714.